The lowest BCUT2D eigenvalue weighted by Gasteiger charge is -2.13. The summed E-state index contributed by atoms with van der Waals surface area (Å²) < 4.78 is 28.7. The second-order valence-electron chi connectivity index (χ2n) is 5.27. The molecule has 2 aromatic carbocycles. The van der Waals surface area contributed by atoms with Gasteiger partial charge in [-0.2, -0.15) is 0 Å². The minimum atomic E-state index is -3.47. The molecule has 0 aliphatic carbocycles. The van der Waals surface area contributed by atoms with Crippen LogP contribution in [0.25, 0.3) is 11.1 Å². The molecule has 0 heterocycles. The molecule has 0 spiro atoms. The van der Waals surface area contributed by atoms with Crippen LogP contribution in [0.1, 0.15) is 12.0 Å². The number of methoxy groups -OCH3 is 1. The monoisotopic (exact) mass is 333 g/mol. The molecule has 0 amide bonds. The highest BCUT2D eigenvalue weighted by Gasteiger charge is 2.17. The Morgan fingerprint density at radius 3 is 2.39 bits per heavy atom. The molecular weight excluding hydrogens is 314 g/mol. The molecule has 2 aromatic rings. The Kier molecular flexibility index (Phi) is 5.05. The molecule has 122 valence electrons. The fourth-order valence-electron chi connectivity index (χ4n) is 2.34. The number of benzene rings is 2. The smallest absolute Gasteiger partial charge is 0.305 e. The lowest BCUT2D eigenvalue weighted by molar-refractivity contribution is -0.140. The number of ether oxygens (including phenoxy) is 1. The largest absolute Gasteiger partial charge is 0.469 e. The number of sulfone groups is 1. The summed E-state index contributed by atoms with van der Waals surface area (Å²) in [5, 5.41) is 0. The highest BCUT2D eigenvalue weighted by Crippen LogP contribution is 2.33. The Balaban J connectivity index is 2.55. The molecule has 2 N–H and O–H groups in total. The molecule has 2 rings (SSSR count). The molecule has 0 aromatic heterocycles. The Morgan fingerprint density at radius 1 is 1.17 bits per heavy atom. The van der Waals surface area contributed by atoms with Crippen molar-refractivity contribution in [3.8, 4) is 11.1 Å². The predicted molar refractivity (Wildman–Crippen MR) is 89.7 cm³/mol. The molecule has 23 heavy (non-hydrogen) atoms. The third-order valence-corrected chi connectivity index (χ3v) is 4.67. The van der Waals surface area contributed by atoms with E-state index in [1.165, 1.54) is 13.2 Å². The van der Waals surface area contributed by atoms with E-state index in [9.17, 15) is 13.2 Å². The maximum atomic E-state index is 12.0. The minimum absolute atomic E-state index is 0.0821. The van der Waals surface area contributed by atoms with E-state index >= 15 is 0 Å². The van der Waals surface area contributed by atoms with Gasteiger partial charge >= 0.3 is 5.97 Å². The molecule has 0 saturated carbocycles. The average molecular weight is 333 g/mol. The van der Waals surface area contributed by atoms with Crippen LogP contribution in [-0.4, -0.2) is 27.8 Å². The first-order valence-electron chi connectivity index (χ1n) is 7.07. The summed E-state index contributed by atoms with van der Waals surface area (Å²) in [6.45, 7) is 0. The van der Waals surface area contributed by atoms with Crippen LogP contribution in [0.5, 0.6) is 0 Å². The number of aryl methyl sites for hydroxylation is 1. The maximum Gasteiger partial charge on any atom is 0.305 e. The van der Waals surface area contributed by atoms with Crippen molar-refractivity contribution in [3.63, 3.8) is 0 Å². The van der Waals surface area contributed by atoms with E-state index in [0.29, 0.717) is 12.0 Å². The van der Waals surface area contributed by atoms with E-state index in [1.807, 2.05) is 36.4 Å². The van der Waals surface area contributed by atoms with Crippen LogP contribution in [0.2, 0.25) is 0 Å². The number of hydrogen-bond donors (Lipinski definition) is 1. The number of esters is 1. The normalized spacial score (nSPS) is 11.2. The third kappa shape index (κ3) is 4.10. The zero-order valence-corrected chi connectivity index (χ0v) is 13.9. The summed E-state index contributed by atoms with van der Waals surface area (Å²) in [7, 11) is -2.15. The van der Waals surface area contributed by atoms with Crippen molar-refractivity contribution in [2.75, 3.05) is 19.1 Å². The van der Waals surface area contributed by atoms with Crippen molar-refractivity contribution >= 4 is 21.5 Å². The Bertz CT molecular complexity index is 814. The fraction of sp³-hybridized carbons (Fsp3) is 0.235. The maximum absolute atomic E-state index is 12.0. The van der Waals surface area contributed by atoms with E-state index in [4.69, 9.17) is 5.73 Å². The molecule has 0 aliphatic rings. The van der Waals surface area contributed by atoms with Crippen molar-refractivity contribution in [2.45, 2.75) is 17.7 Å². The summed E-state index contributed by atoms with van der Waals surface area (Å²) in [5.41, 5.74) is 8.51. The van der Waals surface area contributed by atoms with Crippen molar-refractivity contribution in [3.05, 3.63) is 48.0 Å². The van der Waals surface area contributed by atoms with Crippen LogP contribution >= 0.6 is 0 Å². The topological polar surface area (TPSA) is 86.5 Å². The van der Waals surface area contributed by atoms with Gasteiger partial charge in [-0.3, -0.25) is 4.79 Å². The van der Waals surface area contributed by atoms with Gasteiger partial charge in [0.15, 0.2) is 9.84 Å². The average Bonchev–Trinajstić information content (AvgIpc) is 2.53. The highest BCUT2D eigenvalue weighted by molar-refractivity contribution is 7.90. The molecule has 0 bridgehead atoms. The molecule has 0 unspecified atom stereocenters. The van der Waals surface area contributed by atoms with Gasteiger partial charge in [-0.15, -0.1) is 0 Å². The number of hydrogen-bond acceptors (Lipinski definition) is 5. The highest BCUT2D eigenvalue weighted by atomic mass is 32.2. The summed E-state index contributed by atoms with van der Waals surface area (Å²) >= 11 is 0. The van der Waals surface area contributed by atoms with Gasteiger partial charge in [0.1, 0.15) is 0 Å². The van der Waals surface area contributed by atoms with E-state index in [0.717, 1.165) is 17.4 Å². The van der Waals surface area contributed by atoms with Crippen molar-refractivity contribution in [1.82, 2.24) is 0 Å². The standard InChI is InChI=1S/C17H19NO4S/c1-22-16(19)9-8-12-10-14(13-6-4-3-5-7-13)17(18)15(11-12)23(2,20)21/h3-7,10-11H,8-9,18H2,1-2H3. The second kappa shape index (κ2) is 6.83. The van der Waals surface area contributed by atoms with Gasteiger partial charge in [0.2, 0.25) is 0 Å². The summed E-state index contributed by atoms with van der Waals surface area (Å²) in [4.78, 5) is 11.4. The molecule has 0 atom stereocenters. The molecular formula is C17H19NO4S. The van der Waals surface area contributed by atoms with E-state index in [2.05, 4.69) is 4.74 Å². The molecule has 0 saturated heterocycles. The van der Waals surface area contributed by atoms with Gasteiger partial charge in [-0.05, 0) is 29.7 Å². The summed E-state index contributed by atoms with van der Waals surface area (Å²) in [6, 6.07) is 12.7. The second-order valence-corrected chi connectivity index (χ2v) is 7.25. The predicted octanol–water partition coefficient (Wildman–Crippen LogP) is 2.44. The van der Waals surface area contributed by atoms with Crippen molar-refractivity contribution in [1.29, 1.82) is 0 Å². The zero-order valence-electron chi connectivity index (χ0n) is 13.1. The SMILES string of the molecule is COC(=O)CCc1cc(-c2ccccc2)c(N)c(S(C)(=O)=O)c1. The molecule has 5 nitrogen and oxygen atoms in total. The van der Waals surface area contributed by atoms with Crippen LogP contribution in [0.15, 0.2) is 47.4 Å². The molecule has 6 heteroatoms. The van der Waals surface area contributed by atoms with Crippen LogP contribution in [0.4, 0.5) is 5.69 Å². The summed E-state index contributed by atoms with van der Waals surface area (Å²) in [5.74, 6) is -0.344. The van der Waals surface area contributed by atoms with Crippen molar-refractivity contribution < 1.29 is 17.9 Å². The van der Waals surface area contributed by atoms with Gasteiger partial charge in [0.05, 0.1) is 17.7 Å². The molecule has 0 fully saturated rings. The quantitative estimate of drug-likeness (QED) is 0.671. The van der Waals surface area contributed by atoms with Crippen LogP contribution in [-0.2, 0) is 25.8 Å². The van der Waals surface area contributed by atoms with Gasteiger partial charge in [0.25, 0.3) is 0 Å². The Labute approximate surface area is 136 Å². The zero-order chi connectivity index (χ0) is 17.0. The lowest BCUT2D eigenvalue weighted by atomic mass is 9.99. The van der Waals surface area contributed by atoms with Crippen LogP contribution < -0.4 is 5.73 Å². The van der Waals surface area contributed by atoms with Crippen molar-refractivity contribution in [2.24, 2.45) is 0 Å². The fourth-order valence-corrected chi connectivity index (χ4v) is 3.21. The molecule has 0 aliphatic heterocycles. The summed E-state index contributed by atoms with van der Waals surface area (Å²) in [6.07, 6.45) is 1.69. The first kappa shape index (κ1) is 17.0. The van der Waals surface area contributed by atoms with E-state index in [1.54, 1.807) is 0 Å². The Hall–Kier alpha value is -2.34. The van der Waals surface area contributed by atoms with Gasteiger partial charge < -0.3 is 10.5 Å². The first-order chi connectivity index (χ1) is 10.8. The number of carbonyl (C=O) groups excluding carboxylic acids is 1. The van der Waals surface area contributed by atoms with Gasteiger partial charge in [-0.25, -0.2) is 8.42 Å². The van der Waals surface area contributed by atoms with Crippen LogP contribution in [0.3, 0.4) is 0 Å². The third-order valence-electron chi connectivity index (χ3n) is 3.53. The van der Waals surface area contributed by atoms with Crippen LogP contribution in [0, 0.1) is 0 Å². The lowest BCUT2D eigenvalue weighted by Crippen LogP contribution is -2.07. The van der Waals surface area contributed by atoms with Gasteiger partial charge in [-0.1, -0.05) is 30.3 Å². The number of rotatable bonds is 5. The number of anilines is 1. The van der Waals surface area contributed by atoms with E-state index in [-0.39, 0.29) is 23.0 Å². The molecule has 0 radical (unpaired) electrons. The number of nitrogen functional groups attached to an aromatic ring is 1. The number of nitrogens with two attached hydrogens (primary N) is 1. The Morgan fingerprint density at radius 2 is 1.83 bits per heavy atom. The van der Waals surface area contributed by atoms with E-state index < -0.39 is 9.84 Å². The van der Waals surface area contributed by atoms with Gasteiger partial charge in [0, 0.05) is 18.2 Å². The number of carbonyl (C=O) groups is 1. The minimum Gasteiger partial charge on any atom is -0.469 e. The first-order valence-corrected chi connectivity index (χ1v) is 8.96.